The van der Waals surface area contributed by atoms with Crippen LogP contribution in [0.3, 0.4) is 0 Å². The molecule has 2 atom stereocenters. The minimum atomic E-state index is -0.191. The Balaban J connectivity index is 2.17. The summed E-state index contributed by atoms with van der Waals surface area (Å²) in [7, 11) is 2.12. The van der Waals surface area contributed by atoms with Crippen LogP contribution < -0.4 is 0 Å². The second kappa shape index (κ2) is 6.49. The molecule has 82 valence electrons. The number of likely N-dealkylation sites (N-methyl/N-ethyl adjacent to an activating group) is 1. The van der Waals surface area contributed by atoms with Gasteiger partial charge in [0.1, 0.15) is 0 Å². The van der Waals surface area contributed by atoms with Gasteiger partial charge in [-0.2, -0.15) is 11.8 Å². The van der Waals surface area contributed by atoms with E-state index in [1.54, 1.807) is 0 Å². The Bertz CT molecular complexity index is 169. The van der Waals surface area contributed by atoms with Gasteiger partial charge in [-0.3, -0.25) is 0 Å². The summed E-state index contributed by atoms with van der Waals surface area (Å²) < 4.78 is 0. The molecule has 0 spiro atoms. The highest BCUT2D eigenvalue weighted by atomic mass is 32.2. The number of nitrogens with zero attached hydrogens (tertiary/aromatic N) is 1. The van der Waals surface area contributed by atoms with Crippen LogP contribution >= 0.6 is 11.8 Å². The number of allylic oxidation sites excluding steroid dienone is 1. The van der Waals surface area contributed by atoms with Gasteiger partial charge in [0.15, 0.2) is 0 Å². The molecule has 0 aromatic carbocycles. The normalized spacial score (nSPS) is 24.1. The summed E-state index contributed by atoms with van der Waals surface area (Å²) in [6, 6.07) is 0.679. The lowest BCUT2D eigenvalue weighted by atomic mass is 10.1. The van der Waals surface area contributed by atoms with Crippen LogP contribution in [0.4, 0.5) is 0 Å². The first-order valence-electron chi connectivity index (χ1n) is 5.31. The molecule has 1 fully saturated rings. The molecule has 3 heteroatoms. The Hall–Kier alpha value is 0.0100. The average Bonchev–Trinajstić information content (AvgIpc) is 2.67. The Morgan fingerprint density at radius 2 is 2.50 bits per heavy atom. The molecular formula is C11H21NOS. The van der Waals surface area contributed by atoms with Gasteiger partial charge in [-0.15, -0.1) is 6.58 Å². The maximum Gasteiger partial charge on any atom is 0.0670 e. The van der Waals surface area contributed by atoms with Crippen LogP contribution in [0.15, 0.2) is 12.7 Å². The third-order valence-electron chi connectivity index (χ3n) is 2.73. The molecule has 1 aliphatic heterocycles. The van der Waals surface area contributed by atoms with E-state index in [1.807, 2.05) is 17.8 Å². The number of aliphatic hydroxyl groups excluding tert-OH is 1. The lowest BCUT2D eigenvalue weighted by Crippen LogP contribution is -2.37. The Labute approximate surface area is 91.4 Å². The third kappa shape index (κ3) is 4.03. The highest BCUT2D eigenvalue weighted by molar-refractivity contribution is 7.99. The van der Waals surface area contributed by atoms with Crippen molar-refractivity contribution in [1.29, 1.82) is 0 Å². The number of rotatable bonds is 6. The highest BCUT2D eigenvalue weighted by Gasteiger charge is 2.21. The van der Waals surface area contributed by atoms with Crippen LogP contribution in [0, 0.1) is 0 Å². The van der Waals surface area contributed by atoms with Gasteiger partial charge in [0.25, 0.3) is 0 Å². The number of hydrogen-bond donors (Lipinski definition) is 1. The Morgan fingerprint density at radius 3 is 3.07 bits per heavy atom. The van der Waals surface area contributed by atoms with Gasteiger partial charge in [0.05, 0.1) is 6.10 Å². The lowest BCUT2D eigenvalue weighted by molar-refractivity contribution is 0.103. The van der Waals surface area contributed by atoms with Gasteiger partial charge in [-0.25, -0.2) is 0 Å². The van der Waals surface area contributed by atoms with E-state index in [0.29, 0.717) is 6.04 Å². The molecule has 1 N–H and O–H groups in total. The van der Waals surface area contributed by atoms with E-state index >= 15 is 0 Å². The van der Waals surface area contributed by atoms with Crippen molar-refractivity contribution < 1.29 is 5.11 Å². The van der Waals surface area contributed by atoms with Crippen molar-refractivity contribution in [3.63, 3.8) is 0 Å². The largest absolute Gasteiger partial charge is 0.392 e. The van der Waals surface area contributed by atoms with Crippen LogP contribution in [0.2, 0.25) is 0 Å². The van der Waals surface area contributed by atoms with E-state index in [-0.39, 0.29) is 6.10 Å². The van der Waals surface area contributed by atoms with E-state index in [2.05, 4.69) is 18.5 Å². The van der Waals surface area contributed by atoms with Gasteiger partial charge < -0.3 is 10.0 Å². The molecule has 14 heavy (non-hydrogen) atoms. The smallest absolute Gasteiger partial charge is 0.0670 e. The molecule has 0 unspecified atom stereocenters. The predicted molar refractivity (Wildman–Crippen MR) is 63.8 cm³/mol. The lowest BCUT2D eigenvalue weighted by Gasteiger charge is -2.25. The monoisotopic (exact) mass is 215 g/mol. The highest BCUT2D eigenvalue weighted by Crippen LogP contribution is 2.21. The number of hydrogen-bond acceptors (Lipinski definition) is 3. The van der Waals surface area contributed by atoms with Gasteiger partial charge >= 0.3 is 0 Å². The van der Waals surface area contributed by atoms with Gasteiger partial charge in [0, 0.05) is 18.3 Å². The van der Waals surface area contributed by atoms with Crippen LogP contribution in [0.1, 0.15) is 19.3 Å². The SMILES string of the molecule is C=CCC[C@H](O)CN(C)[C@H]1CCSC1. The molecule has 1 rings (SSSR count). The summed E-state index contributed by atoms with van der Waals surface area (Å²) in [6.45, 7) is 4.47. The fourth-order valence-corrected chi connectivity index (χ4v) is 3.05. The van der Waals surface area contributed by atoms with E-state index in [0.717, 1.165) is 19.4 Å². The van der Waals surface area contributed by atoms with Crippen LogP contribution in [0.5, 0.6) is 0 Å². The minimum absolute atomic E-state index is 0.191. The number of aliphatic hydroxyl groups is 1. The van der Waals surface area contributed by atoms with Crippen LogP contribution in [-0.4, -0.2) is 47.3 Å². The molecule has 0 aromatic heterocycles. The van der Waals surface area contributed by atoms with Gasteiger partial charge in [-0.05, 0) is 32.1 Å². The quantitative estimate of drug-likeness (QED) is 0.683. The summed E-state index contributed by atoms with van der Waals surface area (Å²) in [4.78, 5) is 2.30. The standard InChI is InChI=1S/C11H21NOS/c1-3-4-5-11(13)8-12(2)10-6-7-14-9-10/h3,10-11,13H,1,4-9H2,2H3/t10-,11-/m0/s1. The summed E-state index contributed by atoms with van der Waals surface area (Å²) in [6.07, 6.45) is 4.70. The minimum Gasteiger partial charge on any atom is -0.392 e. The summed E-state index contributed by atoms with van der Waals surface area (Å²) in [5.41, 5.74) is 0. The molecule has 0 aliphatic carbocycles. The molecule has 1 saturated heterocycles. The molecule has 0 amide bonds. The average molecular weight is 215 g/mol. The van der Waals surface area contributed by atoms with Crippen molar-refractivity contribution in [2.24, 2.45) is 0 Å². The first-order chi connectivity index (χ1) is 6.74. The van der Waals surface area contributed by atoms with E-state index in [9.17, 15) is 5.11 Å². The van der Waals surface area contributed by atoms with Crippen molar-refractivity contribution in [2.45, 2.75) is 31.4 Å². The van der Waals surface area contributed by atoms with Crippen molar-refractivity contribution in [3.05, 3.63) is 12.7 Å². The molecule has 2 nitrogen and oxygen atoms in total. The van der Waals surface area contributed by atoms with Crippen molar-refractivity contribution in [2.75, 3.05) is 25.1 Å². The molecular weight excluding hydrogens is 194 g/mol. The fourth-order valence-electron chi connectivity index (χ4n) is 1.75. The van der Waals surface area contributed by atoms with E-state index < -0.39 is 0 Å². The molecule has 0 saturated carbocycles. The second-order valence-electron chi connectivity index (χ2n) is 3.98. The Kier molecular flexibility index (Phi) is 5.60. The molecule has 0 bridgehead atoms. The molecule has 1 aliphatic rings. The second-order valence-corrected chi connectivity index (χ2v) is 5.13. The number of thioether (sulfide) groups is 1. The van der Waals surface area contributed by atoms with E-state index in [4.69, 9.17) is 0 Å². The fraction of sp³-hybridized carbons (Fsp3) is 0.818. The zero-order valence-electron chi connectivity index (χ0n) is 8.98. The van der Waals surface area contributed by atoms with Crippen LogP contribution in [-0.2, 0) is 0 Å². The summed E-state index contributed by atoms with van der Waals surface area (Å²) >= 11 is 2.02. The van der Waals surface area contributed by atoms with E-state index in [1.165, 1.54) is 17.9 Å². The summed E-state index contributed by atoms with van der Waals surface area (Å²) in [5.74, 6) is 2.50. The zero-order chi connectivity index (χ0) is 10.4. The van der Waals surface area contributed by atoms with Crippen molar-refractivity contribution in [3.8, 4) is 0 Å². The Morgan fingerprint density at radius 1 is 1.71 bits per heavy atom. The van der Waals surface area contributed by atoms with Gasteiger partial charge in [-0.1, -0.05) is 6.08 Å². The van der Waals surface area contributed by atoms with Crippen LogP contribution in [0.25, 0.3) is 0 Å². The molecule has 1 heterocycles. The maximum atomic E-state index is 9.71. The first kappa shape index (κ1) is 12.1. The van der Waals surface area contributed by atoms with Gasteiger partial charge in [0.2, 0.25) is 0 Å². The molecule has 0 radical (unpaired) electrons. The maximum absolute atomic E-state index is 9.71. The predicted octanol–water partition coefficient (Wildman–Crippen LogP) is 1.75. The third-order valence-corrected chi connectivity index (χ3v) is 3.88. The summed E-state index contributed by atoms with van der Waals surface area (Å²) in [5, 5.41) is 9.71. The van der Waals surface area contributed by atoms with Crippen molar-refractivity contribution in [1.82, 2.24) is 4.90 Å². The first-order valence-corrected chi connectivity index (χ1v) is 6.46. The van der Waals surface area contributed by atoms with Crippen molar-refractivity contribution >= 4 is 11.8 Å². The molecule has 0 aromatic rings. The zero-order valence-corrected chi connectivity index (χ0v) is 9.80. The topological polar surface area (TPSA) is 23.5 Å².